The summed E-state index contributed by atoms with van der Waals surface area (Å²) in [5.41, 5.74) is 0.736. The zero-order valence-corrected chi connectivity index (χ0v) is 19.7. The third kappa shape index (κ3) is 4.69. The molecule has 2 saturated heterocycles. The summed E-state index contributed by atoms with van der Waals surface area (Å²) in [4.78, 5) is 41.7. The highest BCUT2D eigenvalue weighted by Crippen LogP contribution is 2.43. The monoisotopic (exact) mass is 439 g/mol. The number of hydrogen-bond acceptors (Lipinski definition) is 3. The van der Waals surface area contributed by atoms with E-state index in [-0.39, 0.29) is 23.8 Å². The van der Waals surface area contributed by atoms with Gasteiger partial charge >= 0.3 is 6.03 Å². The summed E-state index contributed by atoms with van der Waals surface area (Å²) in [5, 5.41) is 2.95. The average molecular weight is 440 g/mol. The van der Waals surface area contributed by atoms with Crippen LogP contribution in [0.2, 0.25) is 0 Å². The molecular weight excluding hydrogens is 402 g/mol. The normalized spacial score (nSPS) is 27.2. The van der Waals surface area contributed by atoms with E-state index in [4.69, 9.17) is 0 Å². The highest BCUT2D eigenvalue weighted by atomic mass is 16.2. The van der Waals surface area contributed by atoms with E-state index in [1.54, 1.807) is 0 Å². The van der Waals surface area contributed by atoms with Gasteiger partial charge in [0.2, 0.25) is 5.91 Å². The van der Waals surface area contributed by atoms with Crippen LogP contribution in [0, 0.1) is 17.3 Å². The molecule has 0 radical (unpaired) electrons. The lowest BCUT2D eigenvalue weighted by atomic mass is 9.67. The number of rotatable bonds is 4. The zero-order chi connectivity index (χ0) is 22.9. The molecule has 0 atom stereocenters. The van der Waals surface area contributed by atoms with Gasteiger partial charge in [-0.05, 0) is 67.8 Å². The maximum Gasteiger partial charge on any atom is 0.325 e. The van der Waals surface area contributed by atoms with Crippen LogP contribution >= 0.6 is 0 Å². The van der Waals surface area contributed by atoms with Gasteiger partial charge in [0.05, 0.1) is 0 Å². The number of hydrogen-bond donors (Lipinski definition) is 1. The van der Waals surface area contributed by atoms with Gasteiger partial charge in [0.1, 0.15) is 12.1 Å². The fourth-order valence-electron chi connectivity index (χ4n) is 5.70. The number of likely N-dealkylation sites (tertiary alicyclic amines) is 1. The Hall–Kier alpha value is -2.37. The molecule has 1 N–H and O–H groups in total. The van der Waals surface area contributed by atoms with E-state index in [2.05, 4.69) is 50.4 Å². The van der Waals surface area contributed by atoms with Gasteiger partial charge in [0.25, 0.3) is 5.91 Å². The molecule has 0 bridgehead atoms. The molecule has 1 aromatic carbocycles. The largest absolute Gasteiger partial charge is 0.341 e. The Kier molecular flexibility index (Phi) is 6.33. The molecule has 0 unspecified atom stereocenters. The van der Waals surface area contributed by atoms with Gasteiger partial charge < -0.3 is 10.2 Å². The van der Waals surface area contributed by atoms with E-state index >= 15 is 0 Å². The lowest BCUT2D eigenvalue weighted by molar-refractivity contribution is -0.140. The summed E-state index contributed by atoms with van der Waals surface area (Å²) in [5.74, 6) is 0.791. The van der Waals surface area contributed by atoms with E-state index in [0.29, 0.717) is 37.8 Å². The van der Waals surface area contributed by atoms with Crippen molar-refractivity contribution in [3.8, 4) is 0 Å². The molecule has 4 amide bonds. The Labute approximate surface area is 191 Å². The highest BCUT2D eigenvalue weighted by molar-refractivity contribution is 6.09. The summed E-state index contributed by atoms with van der Waals surface area (Å²) in [6.07, 6.45) is 6.12. The third-order valence-electron chi connectivity index (χ3n) is 7.94. The number of benzene rings is 1. The number of carbonyl (C=O) groups excluding carboxylic acids is 3. The van der Waals surface area contributed by atoms with Gasteiger partial charge in [-0.15, -0.1) is 0 Å². The van der Waals surface area contributed by atoms with E-state index < -0.39 is 11.6 Å². The van der Waals surface area contributed by atoms with Crippen LogP contribution in [0.5, 0.6) is 0 Å². The van der Waals surface area contributed by atoms with Crippen LogP contribution in [0.1, 0.15) is 64.9 Å². The van der Waals surface area contributed by atoms with Gasteiger partial charge in [0.15, 0.2) is 0 Å². The van der Waals surface area contributed by atoms with Gasteiger partial charge in [-0.2, -0.15) is 0 Å². The summed E-state index contributed by atoms with van der Waals surface area (Å²) in [6, 6.07) is 10.1. The first-order valence-corrected chi connectivity index (χ1v) is 12.1. The Bertz CT molecular complexity index is 845. The average Bonchev–Trinajstić information content (AvgIpc) is 2.98. The zero-order valence-electron chi connectivity index (χ0n) is 19.7. The number of piperidine rings is 1. The van der Waals surface area contributed by atoms with E-state index in [9.17, 15) is 14.4 Å². The van der Waals surface area contributed by atoms with Gasteiger partial charge in [-0.25, -0.2) is 4.79 Å². The van der Waals surface area contributed by atoms with Gasteiger partial charge in [-0.3, -0.25) is 14.5 Å². The van der Waals surface area contributed by atoms with Crippen LogP contribution < -0.4 is 5.32 Å². The molecule has 2 aliphatic heterocycles. The molecule has 3 aliphatic rings. The predicted molar refractivity (Wildman–Crippen MR) is 124 cm³/mol. The number of urea groups is 1. The van der Waals surface area contributed by atoms with Crippen LogP contribution in [0.25, 0.3) is 0 Å². The molecule has 4 rings (SSSR count). The molecule has 3 fully saturated rings. The van der Waals surface area contributed by atoms with Crippen LogP contribution in [0.4, 0.5) is 4.79 Å². The molecule has 6 nitrogen and oxygen atoms in total. The first-order chi connectivity index (χ1) is 15.2. The molecule has 1 aliphatic carbocycles. The Morgan fingerprint density at radius 2 is 1.66 bits per heavy atom. The van der Waals surface area contributed by atoms with E-state index in [1.807, 2.05) is 11.0 Å². The molecular formula is C26H37N3O3. The summed E-state index contributed by atoms with van der Waals surface area (Å²) < 4.78 is 0. The number of nitrogens with zero attached hydrogens (tertiary/aromatic N) is 2. The minimum Gasteiger partial charge on any atom is -0.341 e. The SMILES string of the molecule is CC(C)(C)C1CCC2(CC1)NC(=O)N(CC(=O)N1CCC(Cc3ccccc3)CC1)C2=O. The molecule has 32 heavy (non-hydrogen) atoms. The second-order valence-electron chi connectivity index (χ2n) is 11.1. The third-order valence-corrected chi connectivity index (χ3v) is 7.94. The summed E-state index contributed by atoms with van der Waals surface area (Å²) >= 11 is 0. The standard InChI is InChI=1S/C26H37N3O3/c1-25(2,3)21-9-13-26(14-10-21)23(31)29(24(32)27-26)18-22(30)28-15-11-20(12-16-28)17-19-7-5-4-6-8-19/h4-8,20-21H,9-18H2,1-3H3,(H,27,32). The van der Waals surface area contributed by atoms with Crippen LogP contribution in [-0.2, 0) is 16.0 Å². The van der Waals surface area contributed by atoms with E-state index in [0.717, 1.165) is 37.0 Å². The molecule has 0 aromatic heterocycles. The highest BCUT2D eigenvalue weighted by Gasteiger charge is 2.53. The van der Waals surface area contributed by atoms with Gasteiger partial charge in [-0.1, -0.05) is 51.1 Å². The Morgan fingerprint density at radius 3 is 2.25 bits per heavy atom. The lowest BCUT2D eigenvalue weighted by Gasteiger charge is -2.40. The number of amides is 4. The van der Waals surface area contributed by atoms with Crippen molar-refractivity contribution in [1.82, 2.24) is 15.1 Å². The molecule has 1 aromatic rings. The number of carbonyl (C=O) groups is 3. The van der Waals surface area contributed by atoms with Crippen molar-refractivity contribution in [2.75, 3.05) is 19.6 Å². The van der Waals surface area contributed by atoms with Crippen LogP contribution in [0.15, 0.2) is 30.3 Å². The van der Waals surface area contributed by atoms with Gasteiger partial charge in [0, 0.05) is 13.1 Å². The molecule has 2 heterocycles. The predicted octanol–water partition coefficient (Wildman–Crippen LogP) is 3.99. The Balaban J connectivity index is 1.29. The first kappa shape index (κ1) is 22.8. The number of imide groups is 1. The van der Waals surface area contributed by atoms with Crippen molar-refractivity contribution in [2.24, 2.45) is 17.3 Å². The second kappa shape index (κ2) is 8.87. The van der Waals surface area contributed by atoms with Crippen molar-refractivity contribution in [3.63, 3.8) is 0 Å². The maximum atomic E-state index is 13.2. The van der Waals surface area contributed by atoms with Crippen molar-refractivity contribution >= 4 is 17.8 Å². The van der Waals surface area contributed by atoms with Crippen molar-refractivity contribution < 1.29 is 14.4 Å². The minimum atomic E-state index is -0.804. The maximum absolute atomic E-state index is 13.2. The quantitative estimate of drug-likeness (QED) is 0.721. The topological polar surface area (TPSA) is 69.7 Å². The minimum absolute atomic E-state index is 0.118. The van der Waals surface area contributed by atoms with Crippen LogP contribution in [0.3, 0.4) is 0 Å². The fourth-order valence-corrected chi connectivity index (χ4v) is 5.70. The number of nitrogens with one attached hydrogen (secondary N) is 1. The molecule has 1 spiro atoms. The second-order valence-corrected chi connectivity index (χ2v) is 11.1. The van der Waals surface area contributed by atoms with E-state index in [1.165, 1.54) is 5.56 Å². The van der Waals surface area contributed by atoms with Crippen LogP contribution in [-0.4, -0.2) is 52.8 Å². The lowest BCUT2D eigenvalue weighted by Crippen LogP contribution is -2.51. The van der Waals surface area contributed by atoms with Crippen molar-refractivity contribution in [2.45, 2.75) is 71.3 Å². The molecule has 6 heteroatoms. The molecule has 1 saturated carbocycles. The molecule has 174 valence electrons. The van der Waals surface area contributed by atoms with Crippen molar-refractivity contribution in [3.05, 3.63) is 35.9 Å². The summed E-state index contributed by atoms with van der Waals surface area (Å²) in [6.45, 7) is 7.95. The fraction of sp³-hybridized carbons (Fsp3) is 0.654. The Morgan fingerprint density at radius 1 is 1.03 bits per heavy atom. The summed E-state index contributed by atoms with van der Waals surface area (Å²) in [7, 11) is 0. The van der Waals surface area contributed by atoms with Crippen molar-refractivity contribution in [1.29, 1.82) is 0 Å². The smallest absolute Gasteiger partial charge is 0.325 e. The first-order valence-electron chi connectivity index (χ1n) is 12.1.